The van der Waals surface area contributed by atoms with Crippen LogP contribution in [-0.4, -0.2) is 41.3 Å². The van der Waals surface area contributed by atoms with Gasteiger partial charge in [-0.2, -0.15) is 5.26 Å². The van der Waals surface area contributed by atoms with Gasteiger partial charge in [-0.15, -0.1) is 10.2 Å². The van der Waals surface area contributed by atoms with E-state index >= 15 is 0 Å². The monoisotopic (exact) mass is 356 g/mol. The molecule has 0 bridgehead atoms. The van der Waals surface area contributed by atoms with Gasteiger partial charge in [-0.3, -0.25) is 0 Å². The molecule has 0 spiro atoms. The van der Waals surface area contributed by atoms with Crippen molar-refractivity contribution in [2.24, 2.45) is 0 Å². The molecule has 1 fully saturated rings. The molecule has 0 saturated carbocycles. The Morgan fingerprint density at radius 3 is 2.68 bits per heavy atom. The molecule has 0 amide bonds. The average Bonchev–Trinajstić information content (AvgIpc) is 2.67. The summed E-state index contributed by atoms with van der Waals surface area (Å²) in [7, 11) is 0. The molecule has 0 aliphatic carbocycles. The molecule has 5 nitrogen and oxygen atoms in total. The lowest BCUT2D eigenvalue weighted by Gasteiger charge is -2.26. The fourth-order valence-electron chi connectivity index (χ4n) is 3.03. The van der Waals surface area contributed by atoms with Crippen molar-refractivity contribution in [3.63, 3.8) is 0 Å². The molecule has 2 heterocycles. The first kappa shape index (κ1) is 17.7. The molecular formula is C19H21ClN4O. The van der Waals surface area contributed by atoms with Crippen LogP contribution in [0.3, 0.4) is 0 Å². The van der Waals surface area contributed by atoms with E-state index in [2.05, 4.69) is 21.2 Å². The van der Waals surface area contributed by atoms with Gasteiger partial charge in [-0.25, -0.2) is 0 Å². The van der Waals surface area contributed by atoms with E-state index in [9.17, 15) is 5.26 Å². The van der Waals surface area contributed by atoms with Crippen LogP contribution in [0.25, 0.3) is 11.3 Å². The second-order valence-electron chi connectivity index (χ2n) is 6.17. The predicted molar refractivity (Wildman–Crippen MR) is 97.6 cm³/mol. The fourth-order valence-corrected chi connectivity index (χ4v) is 3.13. The van der Waals surface area contributed by atoms with E-state index in [-0.39, 0.29) is 0 Å². The Morgan fingerprint density at radius 2 is 1.96 bits per heavy atom. The van der Waals surface area contributed by atoms with Gasteiger partial charge >= 0.3 is 0 Å². The third-order valence-electron chi connectivity index (χ3n) is 4.35. The number of piperidine rings is 1. The predicted octanol–water partition coefficient (Wildman–Crippen LogP) is 3.92. The molecule has 25 heavy (non-hydrogen) atoms. The summed E-state index contributed by atoms with van der Waals surface area (Å²) in [6, 6.07) is 11.1. The smallest absolute Gasteiger partial charge is 0.151 e. The Morgan fingerprint density at radius 1 is 1.12 bits per heavy atom. The number of rotatable bonds is 6. The Hall–Kier alpha value is -2.16. The van der Waals surface area contributed by atoms with Crippen molar-refractivity contribution >= 4 is 11.6 Å². The van der Waals surface area contributed by atoms with Crippen LogP contribution in [0.15, 0.2) is 30.3 Å². The maximum absolute atomic E-state index is 9.40. The average molecular weight is 357 g/mol. The first-order chi connectivity index (χ1) is 12.3. The highest BCUT2D eigenvalue weighted by molar-refractivity contribution is 6.29. The molecule has 1 aromatic carbocycles. The van der Waals surface area contributed by atoms with E-state index < -0.39 is 0 Å². The first-order valence-electron chi connectivity index (χ1n) is 8.65. The topological polar surface area (TPSA) is 62.0 Å². The Labute approximate surface area is 153 Å². The molecule has 6 heteroatoms. The number of likely N-dealkylation sites (tertiary alicyclic amines) is 1. The second-order valence-corrected chi connectivity index (χ2v) is 6.56. The van der Waals surface area contributed by atoms with Crippen molar-refractivity contribution in [1.82, 2.24) is 15.1 Å². The highest BCUT2D eigenvalue weighted by Gasteiger charge is 2.10. The van der Waals surface area contributed by atoms with Crippen molar-refractivity contribution in [3.05, 3.63) is 41.0 Å². The minimum atomic E-state index is 0.345. The standard InChI is InChI=1S/C19H21ClN4O/c20-19-8-6-17(22-23-19)15-5-7-18(16(13-15)14-21)25-12-4-11-24-9-2-1-3-10-24/h5-8,13H,1-4,9-12H2. The van der Waals surface area contributed by atoms with Gasteiger partial charge < -0.3 is 9.64 Å². The minimum Gasteiger partial charge on any atom is -0.492 e. The molecule has 1 aliphatic rings. The van der Waals surface area contributed by atoms with Crippen LogP contribution in [0.4, 0.5) is 0 Å². The van der Waals surface area contributed by atoms with Gasteiger partial charge in [-0.1, -0.05) is 18.0 Å². The molecule has 2 aromatic rings. The molecule has 0 N–H and O–H groups in total. The Kier molecular flexibility index (Phi) is 6.21. The van der Waals surface area contributed by atoms with Crippen LogP contribution >= 0.6 is 11.6 Å². The molecule has 1 saturated heterocycles. The zero-order valence-electron chi connectivity index (χ0n) is 14.1. The van der Waals surface area contributed by atoms with Crippen molar-refractivity contribution in [2.75, 3.05) is 26.2 Å². The molecule has 1 aliphatic heterocycles. The van der Waals surface area contributed by atoms with Crippen molar-refractivity contribution in [2.45, 2.75) is 25.7 Å². The summed E-state index contributed by atoms with van der Waals surface area (Å²) in [4.78, 5) is 2.49. The van der Waals surface area contributed by atoms with Crippen molar-refractivity contribution < 1.29 is 4.74 Å². The van der Waals surface area contributed by atoms with Crippen molar-refractivity contribution in [1.29, 1.82) is 5.26 Å². The number of nitrogens with zero attached hydrogens (tertiary/aromatic N) is 4. The summed E-state index contributed by atoms with van der Waals surface area (Å²) in [5.41, 5.74) is 2.01. The summed E-state index contributed by atoms with van der Waals surface area (Å²) in [5.74, 6) is 0.617. The van der Waals surface area contributed by atoms with Crippen LogP contribution in [0.2, 0.25) is 5.15 Å². The van der Waals surface area contributed by atoms with Gasteiger partial charge in [0.1, 0.15) is 11.8 Å². The summed E-state index contributed by atoms with van der Waals surface area (Å²) in [6.45, 7) is 4.06. The number of aromatic nitrogens is 2. The minimum absolute atomic E-state index is 0.345. The zero-order valence-corrected chi connectivity index (χ0v) is 14.9. The normalized spacial score (nSPS) is 14.9. The van der Waals surface area contributed by atoms with E-state index in [1.165, 1.54) is 32.4 Å². The Balaban J connectivity index is 1.58. The second kappa shape index (κ2) is 8.80. The number of hydrogen-bond acceptors (Lipinski definition) is 5. The first-order valence-corrected chi connectivity index (χ1v) is 9.03. The third-order valence-corrected chi connectivity index (χ3v) is 4.55. The molecule has 3 rings (SSSR count). The highest BCUT2D eigenvalue weighted by Crippen LogP contribution is 2.25. The van der Waals surface area contributed by atoms with Gasteiger partial charge in [0, 0.05) is 12.1 Å². The summed E-state index contributed by atoms with van der Waals surface area (Å²) >= 11 is 5.76. The van der Waals surface area contributed by atoms with E-state index in [0.29, 0.717) is 28.8 Å². The van der Waals surface area contributed by atoms with E-state index in [1.54, 1.807) is 18.2 Å². The van der Waals surface area contributed by atoms with E-state index in [4.69, 9.17) is 16.3 Å². The molecular weight excluding hydrogens is 336 g/mol. The maximum Gasteiger partial charge on any atom is 0.151 e. The third kappa shape index (κ3) is 4.91. The van der Waals surface area contributed by atoms with Gasteiger partial charge in [0.05, 0.1) is 17.9 Å². The fraction of sp³-hybridized carbons (Fsp3) is 0.421. The zero-order chi connectivity index (χ0) is 17.5. The lowest BCUT2D eigenvalue weighted by atomic mass is 10.1. The van der Waals surface area contributed by atoms with Gasteiger partial charge in [0.2, 0.25) is 0 Å². The largest absolute Gasteiger partial charge is 0.492 e. The van der Waals surface area contributed by atoms with Crippen LogP contribution < -0.4 is 4.74 Å². The molecule has 0 atom stereocenters. The van der Waals surface area contributed by atoms with Crippen LogP contribution in [0.1, 0.15) is 31.2 Å². The number of hydrogen-bond donors (Lipinski definition) is 0. The Bertz CT molecular complexity index is 736. The van der Waals surface area contributed by atoms with Gasteiger partial charge in [0.15, 0.2) is 5.15 Å². The highest BCUT2D eigenvalue weighted by atomic mass is 35.5. The van der Waals surface area contributed by atoms with Crippen LogP contribution in [-0.2, 0) is 0 Å². The van der Waals surface area contributed by atoms with Crippen molar-refractivity contribution in [3.8, 4) is 23.1 Å². The number of ether oxygens (including phenoxy) is 1. The lowest BCUT2D eigenvalue weighted by molar-refractivity contribution is 0.205. The number of benzene rings is 1. The van der Waals surface area contributed by atoms with Crippen LogP contribution in [0, 0.1) is 11.3 Å². The summed E-state index contributed by atoms with van der Waals surface area (Å²) in [6.07, 6.45) is 4.92. The number of nitriles is 1. The molecule has 1 aromatic heterocycles. The molecule has 130 valence electrons. The van der Waals surface area contributed by atoms with E-state index in [0.717, 1.165) is 18.5 Å². The maximum atomic E-state index is 9.40. The van der Waals surface area contributed by atoms with Gasteiger partial charge in [0.25, 0.3) is 0 Å². The number of halogens is 1. The lowest BCUT2D eigenvalue weighted by Crippen LogP contribution is -2.31. The van der Waals surface area contributed by atoms with Gasteiger partial charge in [-0.05, 0) is 62.7 Å². The summed E-state index contributed by atoms with van der Waals surface area (Å²) < 4.78 is 5.82. The van der Waals surface area contributed by atoms with E-state index in [1.807, 2.05) is 12.1 Å². The van der Waals surface area contributed by atoms with Crippen LogP contribution in [0.5, 0.6) is 5.75 Å². The molecule has 0 unspecified atom stereocenters. The quantitative estimate of drug-likeness (QED) is 0.734. The SMILES string of the molecule is N#Cc1cc(-c2ccc(Cl)nn2)ccc1OCCCN1CCCCC1. The summed E-state index contributed by atoms with van der Waals surface area (Å²) in [5, 5.41) is 17.6. The molecule has 0 radical (unpaired) electrons.